The van der Waals surface area contributed by atoms with Gasteiger partial charge in [0.2, 0.25) is 0 Å². The number of pyridine rings is 1. The second-order valence-electron chi connectivity index (χ2n) is 3.68. The molecule has 90 valence electrons. The zero-order valence-corrected chi connectivity index (χ0v) is 8.74. The average Bonchev–Trinajstić information content (AvgIpc) is 2.73. The molecule has 2 heterocycles. The van der Waals surface area contributed by atoms with Crippen molar-refractivity contribution in [2.75, 3.05) is 0 Å². The fourth-order valence-corrected chi connectivity index (χ4v) is 1.51. The van der Waals surface area contributed by atoms with E-state index in [1.165, 1.54) is 6.20 Å². The monoisotopic (exact) mass is 237 g/mol. The standard InChI is InChI=1S/C10H11N3O4/c14-8(2-9(15)16)10(17)6-1-5-3-12-13-7(5)4-11-6/h1,3-4,8,10,14,17H,2H2,(H,12,13)(H,15,16). The molecule has 2 unspecified atom stereocenters. The third-order valence-corrected chi connectivity index (χ3v) is 2.40. The van der Waals surface area contributed by atoms with Crippen molar-refractivity contribution in [3.63, 3.8) is 0 Å². The Hall–Kier alpha value is -1.99. The van der Waals surface area contributed by atoms with Crippen molar-refractivity contribution < 1.29 is 20.1 Å². The van der Waals surface area contributed by atoms with E-state index in [-0.39, 0.29) is 5.69 Å². The summed E-state index contributed by atoms with van der Waals surface area (Å²) in [6, 6.07) is 1.55. The zero-order valence-electron chi connectivity index (χ0n) is 8.74. The van der Waals surface area contributed by atoms with Crippen LogP contribution < -0.4 is 0 Å². The van der Waals surface area contributed by atoms with Crippen LogP contribution in [0.1, 0.15) is 18.2 Å². The largest absolute Gasteiger partial charge is 0.481 e. The molecular formula is C10H11N3O4. The molecule has 0 amide bonds. The number of aromatic nitrogens is 3. The molecule has 2 aromatic heterocycles. The van der Waals surface area contributed by atoms with Gasteiger partial charge in [-0.2, -0.15) is 5.10 Å². The lowest BCUT2D eigenvalue weighted by atomic mass is 10.1. The van der Waals surface area contributed by atoms with E-state index in [1.54, 1.807) is 12.3 Å². The van der Waals surface area contributed by atoms with Gasteiger partial charge in [0.1, 0.15) is 6.10 Å². The highest BCUT2D eigenvalue weighted by molar-refractivity contribution is 5.77. The highest BCUT2D eigenvalue weighted by Gasteiger charge is 2.22. The molecule has 0 spiro atoms. The Balaban J connectivity index is 2.23. The van der Waals surface area contributed by atoms with E-state index in [2.05, 4.69) is 15.2 Å². The van der Waals surface area contributed by atoms with Gasteiger partial charge in [0.05, 0.1) is 36.1 Å². The van der Waals surface area contributed by atoms with Gasteiger partial charge in [0, 0.05) is 5.39 Å². The zero-order chi connectivity index (χ0) is 12.4. The predicted molar refractivity (Wildman–Crippen MR) is 57.1 cm³/mol. The normalized spacial score (nSPS) is 14.7. The molecule has 4 N–H and O–H groups in total. The van der Waals surface area contributed by atoms with Crippen molar-refractivity contribution in [2.24, 2.45) is 0 Å². The van der Waals surface area contributed by atoms with Crippen LogP contribution in [0.2, 0.25) is 0 Å². The Morgan fingerprint density at radius 3 is 2.88 bits per heavy atom. The molecule has 0 aliphatic carbocycles. The number of fused-ring (bicyclic) bond motifs is 1. The van der Waals surface area contributed by atoms with Crippen LogP contribution in [-0.4, -0.2) is 42.6 Å². The number of hydrogen-bond donors (Lipinski definition) is 4. The minimum absolute atomic E-state index is 0.215. The maximum atomic E-state index is 10.4. The molecule has 0 aliphatic heterocycles. The van der Waals surface area contributed by atoms with Crippen LogP contribution in [0.15, 0.2) is 18.5 Å². The lowest BCUT2D eigenvalue weighted by Crippen LogP contribution is -2.22. The summed E-state index contributed by atoms with van der Waals surface area (Å²) < 4.78 is 0. The quantitative estimate of drug-likeness (QED) is 0.586. The maximum absolute atomic E-state index is 10.4. The van der Waals surface area contributed by atoms with Crippen LogP contribution in [0.25, 0.3) is 10.9 Å². The summed E-state index contributed by atoms with van der Waals surface area (Å²) in [7, 11) is 0. The number of aliphatic hydroxyl groups excluding tert-OH is 2. The van der Waals surface area contributed by atoms with E-state index in [9.17, 15) is 15.0 Å². The van der Waals surface area contributed by atoms with E-state index in [0.717, 1.165) is 5.39 Å². The molecule has 0 saturated carbocycles. The van der Waals surface area contributed by atoms with E-state index in [0.29, 0.717) is 5.52 Å². The molecule has 0 saturated heterocycles. The Kier molecular flexibility index (Phi) is 3.03. The van der Waals surface area contributed by atoms with Crippen molar-refractivity contribution in [1.29, 1.82) is 0 Å². The molecule has 0 aliphatic rings. The third-order valence-electron chi connectivity index (χ3n) is 2.40. The van der Waals surface area contributed by atoms with Crippen molar-refractivity contribution in [3.8, 4) is 0 Å². The van der Waals surface area contributed by atoms with E-state index >= 15 is 0 Å². The Morgan fingerprint density at radius 1 is 1.41 bits per heavy atom. The van der Waals surface area contributed by atoms with E-state index < -0.39 is 24.6 Å². The van der Waals surface area contributed by atoms with Crippen LogP contribution in [0.4, 0.5) is 0 Å². The number of carboxylic acid groups (broad SMARTS) is 1. The fourth-order valence-electron chi connectivity index (χ4n) is 1.51. The topological polar surface area (TPSA) is 119 Å². The summed E-state index contributed by atoms with van der Waals surface area (Å²) in [4.78, 5) is 14.3. The number of H-pyrrole nitrogens is 1. The first-order valence-corrected chi connectivity index (χ1v) is 4.95. The predicted octanol–water partition coefficient (Wildman–Crippen LogP) is -0.173. The molecule has 0 fully saturated rings. The molecule has 7 nitrogen and oxygen atoms in total. The minimum atomic E-state index is -1.38. The molecular weight excluding hydrogens is 226 g/mol. The number of aliphatic carboxylic acids is 1. The third kappa shape index (κ3) is 2.40. The Bertz CT molecular complexity index is 539. The van der Waals surface area contributed by atoms with Gasteiger partial charge < -0.3 is 15.3 Å². The first kappa shape index (κ1) is 11.5. The minimum Gasteiger partial charge on any atom is -0.481 e. The van der Waals surface area contributed by atoms with Crippen LogP contribution >= 0.6 is 0 Å². The molecule has 0 aromatic carbocycles. The molecule has 0 radical (unpaired) electrons. The number of hydrogen-bond acceptors (Lipinski definition) is 5. The smallest absolute Gasteiger partial charge is 0.306 e. The highest BCUT2D eigenvalue weighted by Crippen LogP contribution is 2.20. The van der Waals surface area contributed by atoms with Gasteiger partial charge in [-0.3, -0.25) is 14.9 Å². The summed E-state index contributed by atoms with van der Waals surface area (Å²) in [6.07, 6.45) is -0.230. The molecule has 2 atom stereocenters. The summed E-state index contributed by atoms with van der Waals surface area (Å²) in [5.41, 5.74) is 0.918. The molecule has 2 rings (SSSR count). The average molecular weight is 237 g/mol. The summed E-state index contributed by atoms with van der Waals surface area (Å²) >= 11 is 0. The van der Waals surface area contributed by atoms with E-state index in [4.69, 9.17) is 5.11 Å². The van der Waals surface area contributed by atoms with Gasteiger partial charge >= 0.3 is 5.97 Å². The van der Waals surface area contributed by atoms with Crippen LogP contribution in [0, 0.1) is 0 Å². The summed E-state index contributed by atoms with van der Waals surface area (Å²) in [6.45, 7) is 0. The highest BCUT2D eigenvalue weighted by atomic mass is 16.4. The van der Waals surface area contributed by atoms with Crippen molar-refractivity contribution in [1.82, 2.24) is 15.2 Å². The lowest BCUT2D eigenvalue weighted by Gasteiger charge is -2.15. The summed E-state index contributed by atoms with van der Waals surface area (Å²) in [5, 5.41) is 34.9. The summed E-state index contributed by atoms with van der Waals surface area (Å²) in [5.74, 6) is -1.18. The Morgan fingerprint density at radius 2 is 2.18 bits per heavy atom. The number of aliphatic hydroxyl groups is 2. The Labute approximate surface area is 95.7 Å². The number of aromatic amines is 1. The van der Waals surface area contributed by atoms with Crippen LogP contribution in [0.3, 0.4) is 0 Å². The van der Waals surface area contributed by atoms with Gasteiger partial charge in [-0.15, -0.1) is 0 Å². The fraction of sp³-hybridized carbons (Fsp3) is 0.300. The first-order chi connectivity index (χ1) is 8.08. The molecule has 0 bridgehead atoms. The van der Waals surface area contributed by atoms with Crippen molar-refractivity contribution >= 4 is 16.9 Å². The maximum Gasteiger partial charge on any atom is 0.306 e. The number of carbonyl (C=O) groups is 1. The van der Waals surface area contributed by atoms with Crippen LogP contribution in [0.5, 0.6) is 0 Å². The lowest BCUT2D eigenvalue weighted by molar-refractivity contribution is -0.141. The second-order valence-corrected chi connectivity index (χ2v) is 3.68. The number of nitrogens with zero attached hydrogens (tertiary/aromatic N) is 2. The van der Waals surface area contributed by atoms with Crippen molar-refractivity contribution in [2.45, 2.75) is 18.6 Å². The number of rotatable bonds is 4. The molecule has 7 heteroatoms. The molecule has 17 heavy (non-hydrogen) atoms. The van der Waals surface area contributed by atoms with Gasteiger partial charge in [0.25, 0.3) is 0 Å². The van der Waals surface area contributed by atoms with Gasteiger partial charge in [0.15, 0.2) is 0 Å². The second kappa shape index (κ2) is 4.48. The first-order valence-electron chi connectivity index (χ1n) is 4.95. The number of carboxylic acids is 1. The van der Waals surface area contributed by atoms with Gasteiger partial charge in [-0.25, -0.2) is 0 Å². The number of nitrogens with one attached hydrogen (secondary N) is 1. The van der Waals surface area contributed by atoms with Crippen molar-refractivity contribution in [3.05, 3.63) is 24.2 Å². The molecule has 2 aromatic rings. The SMILES string of the molecule is O=C(O)CC(O)C(O)c1cc2cn[nH]c2cn1. The van der Waals surface area contributed by atoms with E-state index in [1.807, 2.05) is 0 Å². The van der Waals surface area contributed by atoms with Gasteiger partial charge in [-0.05, 0) is 6.07 Å². The van der Waals surface area contributed by atoms with Gasteiger partial charge in [-0.1, -0.05) is 0 Å². The van der Waals surface area contributed by atoms with Crippen LogP contribution in [-0.2, 0) is 4.79 Å².